The second-order valence-corrected chi connectivity index (χ2v) is 17.6. The average Bonchev–Trinajstić information content (AvgIpc) is 3.90. The van der Waals surface area contributed by atoms with Gasteiger partial charge in [-0.1, -0.05) is 73.7 Å². The first kappa shape index (κ1) is 31.8. The summed E-state index contributed by atoms with van der Waals surface area (Å²) in [6.45, 7) is 2.44. The standard InChI is InChI=1S/C53H39N3S/c1-3-53(31-33-16-7-8-18-36(33)43-20-11-12-25-54(43)2)42-30-46-38(29-40(42)44-21-13-17-35-28-49(53)55(35)44)39-26-34(32-14-5-4-6-15-32)27-41-50-45(56(46)52(39)41)23-24-48-51(50)37-19-9-10-22-47(37)57-48/h4-27,29-30,49H,3,28,31H2,1-2H3/q+2. The third kappa shape index (κ3) is 4.11. The molecule has 3 nitrogen and oxygen atoms in total. The zero-order chi connectivity index (χ0) is 37.6. The number of aromatic nitrogens is 3. The van der Waals surface area contributed by atoms with Crippen molar-refractivity contribution in [3.05, 3.63) is 175 Å². The van der Waals surface area contributed by atoms with Gasteiger partial charge in [-0.25, -0.2) is 4.57 Å². The summed E-state index contributed by atoms with van der Waals surface area (Å²) in [7, 11) is 2.17. The number of benzene rings is 6. The molecule has 0 bridgehead atoms. The minimum absolute atomic E-state index is 0.0945. The van der Waals surface area contributed by atoms with E-state index in [1.165, 1.54) is 109 Å². The molecule has 6 aromatic carbocycles. The molecule has 0 radical (unpaired) electrons. The molecule has 13 rings (SSSR count). The molecule has 57 heavy (non-hydrogen) atoms. The zero-order valence-electron chi connectivity index (χ0n) is 32.0. The molecule has 2 aliphatic rings. The highest BCUT2D eigenvalue weighted by molar-refractivity contribution is 7.26. The van der Waals surface area contributed by atoms with Crippen molar-refractivity contribution in [3.8, 4) is 33.6 Å². The van der Waals surface area contributed by atoms with Crippen LogP contribution in [0.1, 0.15) is 36.2 Å². The summed E-state index contributed by atoms with van der Waals surface area (Å²) in [5.41, 5.74) is 16.1. The summed E-state index contributed by atoms with van der Waals surface area (Å²) in [5.74, 6) is 0. The van der Waals surface area contributed by atoms with Crippen molar-refractivity contribution in [3.63, 3.8) is 0 Å². The number of hydrogen-bond donors (Lipinski definition) is 0. The number of nitrogens with zero attached hydrogens (tertiary/aromatic N) is 3. The van der Waals surface area contributed by atoms with E-state index in [0.717, 1.165) is 19.3 Å². The zero-order valence-corrected chi connectivity index (χ0v) is 32.8. The van der Waals surface area contributed by atoms with Gasteiger partial charge in [0.05, 0.1) is 33.9 Å². The first-order valence-corrected chi connectivity index (χ1v) is 21.2. The Balaban J connectivity index is 1.16. The van der Waals surface area contributed by atoms with Crippen molar-refractivity contribution in [2.75, 3.05) is 0 Å². The quantitative estimate of drug-likeness (QED) is 0.155. The van der Waals surface area contributed by atoms with E-state index in [2.05, 4.69) is 185 Å². The molecule has 0 fully saturated rings. The molecule has 0 amide bonds. The molecule has 2 atom stereocenters. The van der Waals surface area contributed by atoms with Crippen LogP contribution < -0.4 is 9.13 Å². The third-order valence-electron chi connectivity index (χ3n) is 13.9. The molecule has 0 N–H and O–H groups in total. The van der Waals surface area contributed by atoms with Crippen LogP contribution in [0.3, 0.4) is 0 Å². The SMILES string of the molecule is CCC1(Cc2ccccc2-c2cccc[n+]2C)c2cc3c(cc2-c2cccc4[n+]2C1C4)c1cc(-c2ccccc2)cc2c4c5c(ccc4n3c12)sc1ccccc15. The first-order chi connectivity index (χ1) is 28.1. The number of fused-ring (bicyclic) bond motifs is 12. The van der Waals surface area contributed by atoms with Crippen LogP contribution in [-0.4, -0.2) is 4.40 Å². The fourth-order valence-corrected chi connectivity index (χ4v) is 12.4. The molecule has 4 heteroatoms. The van der Waals surface area contributed by atoms with Gasteiger partial charge in [0, 0.05) is 71.5 Å². The van der Waals surface area contributed by atoms with Crippen LogP contribution in [0.5, 0.6) is 0 Å². The maximum absolute atomic E-state index is 2.70. The second-order valence-electron chi connectivity index (χ2n) is 16.5. The predicted octanol–water partition coefficient (Wildman–Crippen LogP) is 12.3. The average molecular weight is 750 g/mol. The Morgan fingerprint density at radius 3 is 2.33 bits per heavy atom. The van der Waals surface area contributed by atoms with Crippen LogP contribution in [0.15, 0.2) is 158 Å². The van der Waals surface area contributed by atoms with Gasteiger partial charge in [-0.15, -0.1) is 11.3 Å². The van der Waals surface area contributed by atoms with Crippen molar-refractivity contribution in [1.82, 2.24) is 4.40 Å². The Morgan fingerprint density at radius 1 is 0.632 bits per heavy atom. The molecule has 2 aliphatic heterocycles. The number of aryl methyl sites for hydroxylation is 1. The van der Waals surface area contributed by atoms with Crippen LogP contribution in [0.2, 0.25) is 0 Å². The van der Waals surface area contributed by atoms with Gasteiger partial charge in [0.15, 0.2) is 17.9 Å². The van der Waals surface area contributed by atoms with Crippen molar-refractivity contribution in [2.45, 2.75) is 37.6 Å². The van der Waals surface area contributed by atoms with E-state index in [0.29, 0.717) is 6.04 Å². The third-order valence-corrected chi connectivity index (χ3v) is 15.0. The van der Waals surface area contributed by atoms with E-state index in [1.54, 1.807) is 0 Å². The lowest BCUT2D eigenvalue weighted by molar-refractivity contribution is -0.770. The Morgan fingerprint density at radius 2 is 1.44 bits per heavy atom. The van der Waals surface area contributed by atoms with Crippen LogP contribution >= 0.6 is 11.3 Å². The maximum atomic E-state index is 2.70. The van der Waals surface area contributed by atoms with E-state index < -0.39 is 0 Å². The van der Waals surface area contributed by atoms with Gasteiger partial charge in [0.1, 0.15) is 7.05 Å². The Labute approximate surface area is 334 Å². The Bertz CT molecular complexity index is 3480. The van der Waals surface area contributed by atoms with E-state index >= 15 is 0 Å². The lowest BCUT2D eigenvalue weighted by atomic mass is 9.60. The number of hydrogen-bond acceptors (Lipinski definition) is 1. The summed E-state index contributed by atoms with van der Waals surface area (Å²) in [6.07, 6.45) is 5.29. The fraction of sp³-hybridized carbons (Fsp3) is 0.132. The topological polar surface area (TPSA) is 12.2 Å². The molecule has 270 valence electrons. The minimum atomic E-state index is -0.0945. The smallest absolute Gasteiger partial charge is 0.213 e. The molecule has 0 saturated carbocycles. The highest BCUT2D eigenvalue weighted by Crippen LogP contribution is 2.55. The van der Waals surface area contributed by atoms with E-state index in [9.17, 15) is 0 Å². The number of thiophene rings is 1. The van der Waals surface area contributed by atoms with Gasteiger partial charge in [-0.2, -0.15) is 4.57 Å². The largest absolute Gasteiger partial charge is 0.308 e. The summed E-state index contributed by atoms with van der Waals surface area (Å²) < 4.78 is 10.3. The molecule has 2 unspecified atom stereocenters. The summed E-state index contributed by atoms with van der Waals surface area (Å²) in [5, 5.41) is 8.12. The molecular formula is C53H39N3S+2. The fourth-order valence-electron chi connectivity index (χ4n) is 11.3. The molecular weight excluding hydrogens is 711 g/mol. The van der Waals surface area contributed by atoms with E-state index in [4.69, 9.17) is 0 Å². The van der Waals surface area contributed by atoms with Gasteiger partial charge < -0.3 is 4.40 Å². The summed E-state index contributed by atoms with van der Waals surface area (Å²) in [6, 6.07) is 58.0. The minimum Gasteiger partial charge on any atom is -0.308 e. The lowest BCUT2D eigenvalue weighted by Crippen LogP contribution is -2.66. The highest BCUT2D eigenvalue weighted by Gasteiger charge is 2.58. The van der Waals surface area contributed by atoms with Crippen LogP contribution in [0.25, 0.3) is 91.9 Å². The Hall–Kier alpha value is -6.36. The molecule has 5 aromatic heterocycles. The van der Waals surface area contributed by atoms with Gasteiger partial charge in [0.2, 0.25) is 11.4 Å². The maximum Gasteiger partial charge on any atom is 0.213 e. The highest BCUT2D eigenvalue weighted by atomic mass is 32.1. The molecule has 0 spiro atoms. The summed E-state index contributed by atoms with van der Waals surface area (Å²) in [4.78, 5) is 0. The number of pyridine rings is 2. The van der Waals surface area contributed by atoms with Crippen molar-refractivity contribution < 1.29 is 9.13 Å². The van der Waals surface area contributed by atoms with Crippen LogP contribution in [0, 0.1) is 0 Å². The van der Waals surface area contributed by atoms with Gasteiger partial charge in [-0.05, 0) is 95.8 Å². The monoisotopic (exact) mass is 749 g/mol. The first-order valence-electron chi connectivity index (χ1n) is 20.3. The molecule has 0 aliphatic carbocycles. The molecule has 7 heterocycles. The molecule has 0 saturated heterocycles. The summed E-state index contributed by atoms with van der Waals surface area (Å²) >= 11 is 1.91. The van der Waals surface area contributed by atoms with E-state index in [-0.39, 0.29) is 5.41 Å². The van der Waals surface area contributed by atoms with Crippen LogP contribution in [-0.2, 0) is 25.3 Å². The second kappa shape index (κ2) is 11.4. The normalized spacial score (nSPS) is 17.3. The van der Waals surface area contributed by atoms with Gasteiger partial charge >= 0.3 is 0 Å². The predicted molar refractivity (Wildman–Crippen MR) is 237 cm³/mol. The van der Waals surface area contributed by atoms with Gasteiger partial charge in [0.25, 0.3) is 0 Å². The number of rotatable bonds is 5. The van der Waals surface area contributed by atoms with Crippen molar-refractivity contribution >= 4 is 69.6 Å². The van der Waals surface area contributed by atoms with Crippen LogP contribution in [0.4, 0.5) is 0 Å². The van der Waals surface area contributed by atoms with Gasteiger partial charge in [-0.3, -0.25) is 0 Å². The van der Waals surface area contributed by atoms with Crippen molar-refractivity contribution in [1.29, 1.82) is 0 Å². The van der Waals surface area contributed by atoms with E-state index in [1.807, 2.05) is 11.3 Å². The molecule has 11 aromatic rings. The van der Waals surface area contributed by atoms with Crippen molar-refractivity contribution in [2.24, 2.45) is 7.05 Å². The lowest BCUT2D eigenvalue weighted by Gasteiger charge is -2.46. The Kier molecular flexibility index (Phi) is 6.34.